The van der Waals surface area contributed by atoms with E-state index >= 15 is 0 Å². The van der Waals surface area contributed by atoms with Gasteiger partial charge in [-0.1, -0.05) is 0 Å². The molecule has 0 bridgehead atoms. The van der Waals surface area contributed by atoms with E-state index in [9.17, 15) is 12.8 Å². The number of rotatable bonds is 3. The van der Waals surface area contributed by atoms with Crippen molar-refractivity contribution in [3.63, 3.8) is 0 Å². The summed E-state index contributed by atoms with van der Waals surface area (Å²) in [6.45, 7) is 0. The Labute approximate surface area is 103 Å². The van der Waals surface area contributed by atoms with Gasteiger partial charge in [-0.3, -0.25) is 4.72 Å². The monoisotopic (exact) mass is 268 g/mol. The van der Waals surface area contributed by atoms with E-state index in [1.54, 1.807) is 0 Å². The van der Waals surface area contributed by atoms with Gasteiger partial charge in [0.1, 0.15) is 10.7 Å². The van der Waals surface area contributed by atoms with E-state index in [0.717, 1.165) is 12.1 Å². The smallest absolute Gasteiger partial charge is 0.266 e. The van der Waals surface area contributed by atoms with Crippen LogP contribution in [0, 0.1) is 5.82 Å². The van der Waals surface area contributed by atoms with Crippen molar-refractivity contribution in [1.29, 1.82) is 0 Å². The number of hydrogen-bond donors (Lipinski definition) is 2. The third-order valence-corrected chi connectivity index (χ3v) is 3.43. The van der Waals surface area contributed by atoms with Gasteiger partial charge in [-0.25, -0.2) is 12.8 Å². The molecule has 0 saturated heterocycles. The first kappa shape index (κ1) is 12.2. The van der Waals surface area contributed by atoms with Crippen molar-refractivity contribution in [1.82, 2.24) is 10.2 Å². The molecule has 0 aliphatic carbocycles. The molecule has 0 aliphatic heterocycles. The minimum absolute atomic E-state index is 0.000625. The zero-order valence-corrected chi connectivity index (χ0v) is 9.86. The molecule has 0 saturated carbocycles. The maximum atomic E-state index is 13.5. The highest BCUT2D eigenvalue weighted by molar-refractivity contribution is 7.92. The highest BCUT2D eigenvalue weighted by Crippen LogP contribution is 2.19. The molecule has 1 heterocycles. The first-order valence-electron chi connectivity index (χ1n) is 4.84. The highest BCUT2D eigenvalue weighted by atomic mass is 32.2. The summed E-state index contributed by atoms with van der Waals surface area (Å²) in [5, 5.41) is 7.05. The number of hydrogen-bond acceptors (Lipinski definition) is 5. The predicted octanol–water partition coefficient (Wildman–Crippen LogP) is 0.999. The minimum Gasteiger partial charge on any atom is -0.399 e. The number of nitrogens with one attached hydrogen (secondary N) is 1. The topological polar surface area (TPSA) is 98.0 Å². The van der Waals surface area contributed by atoms with Crippen molar-refractivity contribution in [3.05, 3.63) is 42.3 Å². The second-order valence-corrected chi connectivity index (χ2v) is 5.06. The molecule has 0 atom stereocenters. The number of sulfonamides is 1. The lowest BCUT2D eigenvalue weighted by molar-refractivity contribution is 0.570. The normalized spacial score (nSPS) is 11.2. The van der Waals surface area contributed by atoms with Crippen molar-refractivity contribution >= 4 is 21.5 Å². The van der Waals surface area contributed by atoms with Gasteiger partial charge in [0.2, 0.25) is 0 Å². The van der Waals surface area contributed by atoms with E-state index in [-0.39, 0.29) is 11.5 Å². The molecule has 0 fully saturated rings. The number of halogens is 1. The number of aromatic nitrogens is 2. The van der Waals surface area contributed by atoms with Crippen molar-refractivity contribution in [3.8, 4) is 0 Å². The van der Waals surface area contributed by atoms with Gasteiger partial charge >= 0.3 is 0 Å². The molecule has 6 nitrogen and oxygen atoms in total. The van der Waals surface area contributed by atoms with E-state index in [2.05, 4.69) is 14.9 Å². The molecule has 0 unspecified atom stereocenters. The van der Waals surface area contributed by atoms with Gasteiger partial charge in [0.15, 0.2) is 5.82 Å². The third kappa shape index (κ3) is 2.54. The van der Waals surface area contributed by atoms with Crippen LogP contribution >= 0.6 is 0 Å². The lowest BCUT2D eigenvalue weighted by Crippen LogP contribution is -2.16. The summed E-state index contributed by atoms with van der Waals surface area (Å²) < 4.78 is 39.4. The van der Waals surface area contributed by atoms with Gasteiger partial charge in [0, 0.05) is 11.9 Å². The molecule has 94 valence electrons. The van der Waals surface area contributed by atoms with Gasteiger partial charge < -0.3 is 5.73 Å². The molecular formula is C10H9FN4O2S. The second kappa shape index (κ2) is 4.57. The van der Waals surface area contributed by atoms with Gasteiger partial charge in [-0.2, -0.15) is 5.10 Å². The molecule has 2 aromatic rings. The predicted molar refractivity (Wildman–Crippen MR) is 63.7 cm³/mol. The molecule has 2 rings (SSSR count). The van der Waals surface area contributed by atoms with E-state index in [0.29, 0.717) is 0 Å². The van der Waals surface area contributed by atoms with Crippen LogP contribution < -0.4 is 10.5 Å². The van der Waals surface area contributed by atoms with Crippen LogP contribution in [0.1, 0.15) is 0 Å². The summed E-state index contributed by atoms with van der Waals surface area (Å²) in [4.78, 5) is -0.534. The van der Waals surface area contributed by atoms with E-state index < -0.39 is 20.7 Å². The second-order valence-electron chi connectivity index (χ2n) is 3.40. The molecule has 1 aromatic carbocycles. The Morgan fingerprint density at radius 2 is 2.06 bits per heavy atom. The Bertz CT molecular complexity index is 661. The lowest BCUT2D eigenvalue weighted by Gasteiger charge is -2.07. The lowest BCUT2D eigenvalue weighted by atomic mass is 10.3. The fraction of sp³-hybridized carbons (Fsp3) is 0. The minimum atomic E-state index is -4.07. The largest absolute Gasteiger partial charge is 0.399 e. The summed E-state index contributed by atoms with van der Waals surface area (Å²) in [6.07, 6.45) is 1.39. The fourth-order valence-electron chi connectivity index (χ4n) is 1.27. The summed E-state index contributed by atoms with van der Waals surface area (Å²) in [6, 6.07) is 6.20. The van der Waals surface area contributed by atoms with Crippen LogP contribution in [-0.2, 0) is 10.0 Å². The Morgan fingerprint density at radius 3 is 2.72 bits per heavy atom. The molecule has 0 spiro atoms. The molecule has 8 heteroatoms. The Kier molecular flexibility index (Phi) is 3.11. The maximum absolute atomic E-state index is 13.5. The maximum Gasteiger partial charge on any atom is 0.266 e. The fourth-order valence-corrected chi connectivity index (χ4v) is 2.38. The van der Waals surface area contributed by atoms with Crippen LogP contribution in [0.5, 0.6) is 0 Å². The SMILES string of the molecule is Nc1ccc(F)c(S(=O)(=O)Nc2cccnn2)c1. The van der Waals surface area contributed by atoms with Crippen molar-refractivity contribution in [2.75, 3.05) is 10.5 Å². The molecule has 18 heavy (non-hydrogen) atoms. The van der Waals surface area contributed by atoms with Gasteiger partial charge in [0.25, 0.3) is 10.0 Å². The van der Waals surface area contributed by atoms with Gasteiger partial charge in [-0.15, -0.1) is 5.10 Å². The Balaban J connectivity index is 2.40. The van der Waals surface area contributed by atoms with Crippen molar-refractivity contribution < 1.29 is 12.8 Å². The number of nitrogens with zero attached hydrogens (tertiary/aromatic N) is 2. The quantitative estimate of drug-likeness (QED) is 0.809. The van der Waals surface area contributed by atoms with Crippen molar-refractivity contribution in [2.24, 2.45) is 0 Å². The van der Waals surface area contributed by atoms with Crippen LogP contribution in [-0.4, -0.2) is 18.6 Å². The van der Waals surface area contributed by atoms with E-state index in [4.69, 9.17) is 5.73 Å². The molecule has 3 N–H and O–H groups in total. The molecular weight excluding hydrogens is 259 g/mol. The number of nitrogens with two attached hydrogens (primary N) is 1. The summed E-state index contributed by atoms with van der Waals surface area (Å²) >= 11 is 0. The third-order valence-electron chi connectivity index (χ3n) is 2.06. The zero-order chi connectivity index (χ0) is 13.2. The molecule has 1 aromatic heterocycles. The van der Waals surface area contributed by atoms with E-state index in [1.807, 2.05) is 0 Å². The zero-order valence-electron chi connectivity index (χ0n) is 9.04. The number of benzene rings is 1. The molecule has 0 amide bonds. The highest BCUT2D eigenvalue weighted by Gasteiger charge is 2.20. The summed E-state index contributed by atoms with van der Waals surface area (Å²) in [5.74, 6) is -0.889. The van der Waals surface area contributed by atoms with E-state index in [1.165, 1.54) is 24.4 Å². The molecule has 0 radical (unpaired) electrons. The summed E-state index contributed by atoms with van der Waals surface area (Å²) in [7, 11) is -4.07. The van der Waals surface area contributed by atoms with Crippen LogP contribution in [0.2, 0.25) is 0 Å². The molecule has 0 aliphatic rings. The Hall–Kier alpha value is -2.22. The number of nitrogen functional groups attached to an aromatic ring is 1. The van der Waals surface area contributed by atoms with Crippen LogP contribution in [0.3, 0.4) is 0 Å². The Morgan fingerprint density at radius 1 is 1.28 bits per heavy atom. The summed E-state index contributed by atoms with van der Waals surface area (Å²) in [5.41, 5.74) is 5.58. The average molecular weight is 268 g/mol. The number of anilines is 2. The average Bonchev–Trinajstić information content (AvgIpc) is 2.33. The van der Waals surface area contributed by atoms with Crippen LogP contribution in [0.15, 0.2) is 41.4 Å². The van der Waals surface area contributed by atoms with Gasteiger partial charge in [0.05, 0.1) is 0 Å². The standard InChI is InChI=1S/C10H9FN4O2S/c11-8-4-3-7(12)6-9(8)18(16,17)15-10-2-1-5-13-14-10/h1-6H,12H2,(H,14,15). The van der Waals surface area contributed by atoms with Crippen LogP contribution in [0.4, 0.5) is 15.9 Å². The van der Waals surface area contributed by atoms with Gasteiger partial charge in [-0.05, 0) is 30.3 Å². The first-order valence-corrected chi connectivity index (χ1v) is 6.33. The van der Waals surface area contributed by atoms with Crippen molar-refractivity contribution in [2.45, 2.75) is 4.90 Å². The van der Waals surface area contributed by atoms with Crippen LogP contribution in [0.25, 0.3) is 0 Å². The first-order chi connectivity index (χ1) is 8.49.